The fourth-order valence-electron chi connectivity index (χ4n) is 4.69. The van der Waals surface area contributed by atoms with Crippen LogP contribution in [0.25, 0.3) is 0 Å². The molecule has 2 aromatic rings. The fourth-order valence-corrected chi connectivity index (χ4v) is 5.75. The first kappa shape index (κ1) is 26.4. The van der Waals surface area contributed by atoms with Gasteiger partial charge in [-0.25, -0.2) is 4.79 Å². The zero-order valence-electron chi connectivity index (χ0n) is 20.7. The molecule has 2 aliphatic rings. The van der Waals surface area contributed by atoms with Gasteiger partial charge in [0.2, 0.25) is 11.8 Å². The number of esters is 1. The Balaban J connectivity index is 1.37. The first-order chi connectivity index (χ1) is 17.8. The molecule has 2 atom stereocenters. The van der Waals surface area contributed by atoms with Crippen molar-refractivity contribution in [2.45, 2.75) is 39.3 Å². The van der Waals surface area contributed by atoms with Crippen molar-refractivity contribution < 1.29 is 24.0 Å². The van der Waals surface area contributed by atoms with Crippen LogP contribution in [0.3, 0.4) is 0 Å². The van der Waals surface area contributed by atoms with Gasteiger partial charge in [0.1, 0.15) is 12.3 Å². The van der Waals surface area contributed by atoms with Gasteiger partial charge in [0.05, 0.1) is 23.3 Å². The molecular weight excluding hydrogens is 494 g/mol. The maximum Gasteiger partial charge on any atom is 0.356 e. The molecule has 2 unspecified atom stereocenters. The highest BCUT2D eigenvalue weighted by Crippen LogP contribution is 2.48. The quantitative estimate of drug-likeness (QED) is 0.156. The number of amides is 2. The van der Waals surface area contributed by atoms with Crippen molar-refractivity contribution in [2.75, 3.05) is 12.3 Å². The maximum absolute atomic E-state index is 13.1. The first-order valence-corrected chi connectivity index (χ1v) is 13.1. The number of hydrogen-bond acceptors (Lipinski definition) is 7. The predicted molar refractivity (Wildman–Crippen MR) is 139 cm³/mol. The Labute approximate surface area is 219 Å². The molecule has 2 heterocycles. The third kappa shape index (κ3) is 6.02. The van der Waals surface area contributed by atoms with Gasteiger partial charge < -0.3 is 15.0 Å². The van der Waals surface area contributed by atoms with Gasteiger partial charge in [-0.3, -0.25) is 19.7 Å². The highest BCUT2D eigenvalue weighted by atomic mass is 32.2. The van der Waals surface area contributed by atoms with Gasteiger partial charge in [-0.05, 0) is 29.2 Å². The summed E-state index contributed by atoms with van der Waals surface area (Å²) in [6, 6.07) is 15.2. The average Bonchev–Trinajstić information content (AvgIpc) is 3.19. The molecular formula is C27H29N3O6S. The van der Waals surface area contributed by atoms with Crippen LogP contribution in [0.15, 0.2) is 65.2 Å². The maximum atomic E-state index is 13.1. The summed E-state index contributed by atoms with van der Waals surface area (Å²) in [6.45, 7) is 4.37. The second-order valence-electron chi connectivity index (χ2n) is 9.38. The predicted octanol–water partition coefficient (Wildman–Crippen LogP) is 3.83. The van der Waals surface area contributed by atoms with Crippen LogP contribution in [0.4, 0.5) is 5.69 Å². The number of nitro benzene ring substituents is 1. The third-order valence-corrected chi connectivity index (χ3v) is 7.62. The number of carbonyl (C=O) groups excluding carboxylic acids is 3. The van der Waals surface area contributed by atoms with Crippen molar-refractivity contribution in [2.24, 2.45) is 11.8 Å². The lowest BCUT2D eigenvalue weighted by Gasteiger charge is -2.45. The summed E-state index contributed by atoms with van der Waals surface area (Å²) in [5, 5.41) is 13.8. The topological polar surface area (TPSA) is 119 Å². The molecule has 1 N–H and O–H groups in total. The number of nitrogens with one attached hydrogen (secondary N) is 1. The lowest BCUT2D eigenvalue weighted by Crippen LogP contribution is -2.60. The molecule has 0 aromatic heterocycles. The number of fused-ring (bicyclic) bond motifs is 1. The molecule has 2 amide bonds. The molecule has 0 aliphatic carbocycles. The Morgan fingerprint density at radius 3 is 2.49 bits per heavy atom. The molecule has 0 bridgehead atoms. The molecule has 0 saturated carbocycles. The normalized spacial score (nSPS) is 18.5. The van der Waals surface area contributed by atoms with E-state index in [4.69, 9.17) is 4.74 Å². The average molecular weight is 524 g/mol. The lowest BCUT2D eigenvalue weighted by molar-refractivity contribution is -0.384. The number of β-lactam (4-membered cyclic amide) rings is 1. The molecule has 0 radical (unpaired) electrons. The molecule has 10 heteroatoms. The summed E-state index contributed by atoms with van der Waals surface area (Å²) in [6.07, 6.45) is 0.883. The van der Waals surface area contributed by atoms with Crippen molar-refractivity contribution in [1.29, 1.82) is 0 Å². The summed E-state index contributed by atoms with van der Waals surface area (Å²) in [7, 11) is 0. The molecule has 2 aromatic carbocycles. The number of carbonyl (C=O) groups is 3. The first-order valence-electron chi connectivity index (χ1n) is 12.2. The molecule has 9 nitrogen and oxygen atoms in total. The van der Waals surface area contributed by atoms with Gasteiger partial charge in [0, 0.05) is 35.8 Å². The summed E-state index contributed by atoms with van der Waals surface area (Å²) in [5.74, 6) is -0.167. The van der Waals surface area contributed by atoms with Gasteiger partial charge in [0.15, 0.2) is 0 Å². The van der Waals surface area contributed by atoms with Crippen molar-refractivity contribution in [1.82, 2.24) is 10.2 Å². The van der Waals surface area contributed by atoms with Crippen LogP contribution < -0.4 is 5.32 Å². The zero-order chi connectivity index (χ0) is 26.5. The van der Waals surface area contributed by atoms with E-state index in [-0.39, 0.29) is 47.7 Å². The molecule has 1 fully saturated rings. The smallest absolute Gasteiger partial charge is 0.356 e. The second-order valence-corrected chi connectivity index (χ2v) is 10.6. The van der Waals surface area contributed by atoms with Crippen LogP contribution in [0.5, 0.6) is 0 Å². The van der Waals surface area contributed by atoms with E-state index in [2.05, 4.69) is 5.32 Å². The second kappa shape index (κ2) is 11.6. The van der Waals surface area contributed by atoms with Crippen LogP contribution in [0.2, 0.25) is 0 Å². The Morgan fingerprint density at radius 1 is 1.14 bits per heavy atom. The Hall–Kier alpha value is -3.66. The van der Waals surface area contributed by atoms with E-state index in [1.54, 1.807) is 4.90 Å². The van der Waals surface area contributed by atoms with E-state index in [0.29, 0.717) is 30.7 Å². The largest absolute Gasteiger partial charge is 0.456 e. The van der Waals surface area contributed by atoms with Crippen LogP contribution in [-0.4, -0.2) is 45.9 Å². The van der Waals surface area contributed by atoms with Gasteiger partial charge in [0.25, 0.3) is 5.69 Å². The van der Waals surface area contributed by atoms with E-state index in [1.807, 2.05) is 44.2 Å². The van der Waals surface area contributed by atoms with Gasteiger partial charge in [-0.1, -0.05) is 44.2 Å². The number of nitro groups is 1. The highest BCUT2D eigenvalue weighted by Gasteiger charge is 2.56. The number of hydrogen-bond donors (Lipinski definition) is 1. The summed E-state index contributed by atoms with van der Waals surface area (Å²) in [4.78, 5) is 50.9. The van der Waals surface area contributed by atoms with Crippen molar-refractivity contribution in [3.63, 3.8) is 0 Å². The molecule has 2 aliphatic heterocycles. The number of thioether (sulfide) groups is 1. The highest BCUT2D eigenvalue weighted by molar-refractivity contribution is 8.03. The van der Waals surface area contributed by atoms with Crippen LogP contribution in [-0.2, 0) is 32.1 Å². The number of nitrogens with zero attached hydrogens (tertiary/aromatic N) is 2. The van der Waals surface area contributed by atoms with Crippen LogP contribution in [0, 0.1) is 22.0 Å². The summed E-state index contributed by atoms with van der Waals surface area (Å²) >= 11 is 1.45. The number of benzene rings is 2. The monoisotopic (exact) mass is 523 g/mol. The van der Waals surface area contributed by atoms with Gasteiger partial charge in [-0.2, -0.15) is 0 Å². The van der Waals surface area contributed by atoms with Gasteiger partial charge in [-0.15, -0.1) is 11.8 Å². The molecule has 0 spiro atoms. The SMILES string of the molecule is CC(C)C1C(=O)N2C(C(=O)OCc3ccc([N+](=O)[O-])cc3)=C(SCCNC(=O)Cc3ccccc3)CC12. The number of rotatable bonds is 11. The van der Waals surface area contributed by atoms with E-state index < -0.39 is 10.9 Å². The van der Waals surface area contributed by atoms with E-state index in [9.17, 15) is 24.5 Å². The molecule has 37 heavy (non-hydrogen) atoms. The Bertz CT molecular complexity index is 1210. The summed E-state index contributed by atoms with van der Waals surface area (Å²) in [5.41, 5.74) is 1.78. The van der Waals surface area contributed by atoms with Crippen LogP contribution >= 0.6 is 11.8 Å². The van der Waals surface area contributed by atoms with E-state index in [0.717, 1.165) is 10.5 Å². The van der Waals surface area contributed by atoms with E-state index in [1.165, 1.54) is 36.0 Å². The minimum atomic E-state index is -0.591. The Kier molecular flexibility index (Phi) is 8.27. The minimum Gasteiger partial charge on any atom is -0.456 e. The molecule has 1 saturated heterocycles. The standard InChI is InChI=1S/C27H29N3O6S/c1-17(2)24-21-15-22(37-13-12-28-23(31)14-18-6-4-3-5-7-18)25(29(21)26(24)32)27(33)36-16-19-8-10-20(11-9-19)30(34)35/h3-11,17,21,24H,12-16H2,1-2H3,(H,28,31). The third-order valence-electron chi connectivity index (χ3n) is 6.51. The zero-order valence-corrected chi connectivity index (χ0v) is 21.5. The van der Waals surface area contributed by atoms with Gasteiger partial charge >= 0.3 is 5.97 Å². The number of ether oxygens (including phenoxy) is 1. The fraction of sp³-hybridized carbons (Fsp3) is 0.370. The Morgan fingerprint density at radius 2 is 1.84 bits per heavy atom. The van der Waals surface area contributed by atoms with Crippen molar-refractivity contribution in [3.8, 4) is 0 Å². The lowest BCUT2D eigenvalue weighted by atomic mass is 9.79. The molecule has 4 rings (SSSR count). The van der Waals surface area contributed by atoms with Crippen molar-refractivity contribution in [3.05, 3.63) is 86.4 Å². The molecule has 194 valence electrons. The van der Waals surface area contributed by atoms with E-state index >= 15 is 0 Å². The van der Waals surface area contributed by atoms with Crippen molar-refractivity contribution >= 4 is 35.2 Å². The van der Waals surface area contributed by atoms with Crippen LogP contribution in [0.1, 0.15) is 31.4 Å². The summed E-state index contributed by atoms with van der Waals surface area (Å²) < 4.78 is 5.51. The number of non-ortho nitro benzene ring substituents is 1. The minimum absolute atomic E-state index is 0.0446.